The first-order valence-corrected chi connectivity index (χ1v) is 4.44. The van der Waals surface area contributed by atoms with Gasteiger partial charge in [-0.15, -0.1) is 0 Å². The van der Waals surface area contributed by atoms with E-state index in [1.807, 2.05) is 19.1 Å². The van der Waals surface area contributed by atoms with Gasteiger partial charge in [-0.2, -0.15) is 0 Å². The fourth-order valence-electron chi connectivity index (χ4n) is 1.50. The van der Waals surface area contributed by atoms with Gasteiger partial charge in [0.05, 0.1) is 6.10 Å². The number of hydrogen-bond acceptors (Lipinski definition) is 3. The van der Waals surface area contributed by atoms with Crippen molar-refractivity contribution >= 4 is 0 Å². The molecule has 0 aliphatic heterocycles. The maximum Gasteiger partial charge on any atom is 0.0556 e. The van der Waals surface area contributed by atoms with Gasteiger partial charge in [-0.3, -0.25) is 0 Å². The molecule has 0 fully saturated rings. The summed E-state index contributed by atoms with van der Waals surface area (Å²) in [7, 11) is 4.02. The van der Waals surface area contributed by atoms with Crippen LogP contribution in [0.5, 0.6) is 0 Å². The summed E-state index contributed by atoms with van der Waals surface area (Å²) in [6.45, 7) is 8.72. The van der Waals surface area contributed by atoms with E-state index in [9.17, 15) is 0 Å². The first kappa shape index (κ1) is 11.9. The molecule has 0 aliphatic carbocycles. The largest absolute Gasteiger partial charge is 0.393 e. The molecule has 2 unspecified atom stereocenters. The van der Waals surface area contributed by atoms with E-state index in [0.29, 0.717) is 12.5 Å². The predicted octanol–water partition coefficient (Wildman–Crippen LogP) is 0.758. The van der Waals surface area contributed by atoms with Crippen LogP contribution in [0.2, 0.25) is 0 Å². The van der Waals surface area contributed by atoms with Gasteiger partial charge in [-0.25, -0.2) is 10.0 Å². The summed E-state index contributed by atoms with van der Waals surface area (Å²) in [4.78, 5) is 0. The molecule has 3 heteroatoms. The molecule has 0 aromatic rings. The number of hydrogen-bond donors (Lipinski definition) is 1. The zero-order valence-electron chi connectivity index (χ0n) is 8.62. The number of hydrazine groups is 1. The number of rotatable bonds is 5. The van der Waals surface area contributed by atoms with Crippen LogP contribution in [0.1, 0.15) is 20.3 Å². The second-order valence-electron chi connectivity index (χ2n) is 3.34. The Morgan fingerprint density at radius 2 is 1.92 bits per heavy atom. The lowest BCUT2D eigenvalue weighted by molar-refractivity contribution is -0.0201. The summed E-state index contributed by atoms with van der Waals surface area (Å²) in [5, 5.41) is 13.3. The normalized spacial score (nSPS) is 17.0. The van der Waals surface area contributed by atoms with Crippen LogP contribution in [-0.2, 0) is 0 Å². The summed E-state index contributed by atoms with van der Waals surface area (Å²) in [5.41, 5.74) is 0. The first-order chi connectivity index (χ1) is 5.49. The Morgan fingerprint density at radius 3 is 2.17 bits per heavy atom. The predicted molar refractivity (Wildman–Crippen MR) is 51.5 cm³/mol. The van der Waals surface area contributed by atoms with Gasteiger partial charge in [0.1, 0.15) is 0 Å². The molecule has 0 rings (SSSR count). The Kier molecular flexibility index (Phi) is 5.46. The highest BCUT2D eigenvalue weighted by molar-refractivity contribution is 4.68. The fourth-order valence-corrected chi connectivity index (χ4v) is 1.50. The summed E-state index contributed by atoms with van der Waals surface area (Å²) >= 11 is 0. The van der Waals surface area contributed by atoms with Crippen LogP contribution in [0.15, 0.2) is 0 Å². The zero-order valence-corrected chi connectivity index (χ0v) is 8.62. The molecular formula is C9H21N2O. The molecule has 0 saturated carbocycles. The van der Waals surface area contributed by atoms with Crippen LogP contribution >= 0.6 is 0 Å². The van der Waals surface area contributed by atoms with Crippen LogP contribution in [0.25, 0.3) is 0 Å². The van der Waals surface area contributed by atoms with Crippen LogP contribution in [0, 0.1) is 6.92 Å². The van der Waals surface area contributed by atoms with Crippen molar-refractivity contribution in [3.8, 4) is 0 Å². The highest BCUT2D eigenvalue weighted by Crippen LogP contribution is 2.07. The molecular weight excluding hydrogens is 152 g/mol. The van der Waals surface area contributed by atoms with Crippen molar-refractivity contribution in [1.29, 1.82) is 0 Å². The second kappa shape index (κ2) is 5.51. The summed E-state index contributed by atoms with van der Waals surface area (Å²) < 4.78 is 0. The minimum absolute atomic E-state index is 0.345. The number of aliphatic hydroxyl groups excluding tert-OH is 1. The van der Waals surface area contributed by atoms with E-state index >= 15 is 0 Å². The zero-order chi connectivity index (χ0) is 9.72. The van der Waals surface area contributed by atoms with Gasteiger partial charge in [0.25, 0.3) is 0 Å². The average molecular weight is 173 g/mol. The van der Waals surface area contributed by atoms with Crippen LogP contribution < -0.4 is 0 Å². The Bertz CT molecular complexity index is 115. The molecule has 73 valence electrons. The summed E-state index contributed by atoms with van der Waals surface area (Å²) in [6, 6.07) is 0.345. The molecule has 2 atom stereocenters. The average Bonchev–Trinajstić information content (AvgIpc) is 1.85. The van der Waals surface area contributed by atoms with Crippen molar-refractivity contribution in [1.82, 2.24) is 10.0 Å². The first-order valence-electron chi connectivity index (χ1n) is 4.44. The Morgan fingerprint density at radius 1 is 1.42 bits per heavy atom. The van der Waals surface area contributed by atoms with Crippen LogP contribution in [-0.4, -0.2) is 47.9 Å². The topological polar surface area (TPSA) is 26.7 Å². The molecule has 1 radical (unpaired) electrons. The molecule has 12 heavy (non-hydrogen) atoms. The lowest BCUT2D eigenvalue weighted by Gasteiger charge is -2.34. The van der Waals surface area contributed by atoms with E-state index < -0.39 is 6.10 Å². The van der Waals surface area contributed by atoms with E-state index in [1.54, 1.807) is 0 Å². The second-order valence-corrected chi connectivity index (χ2v) is 3.34. The lowest BCUT2D eigenvalue weighted by atomic mass is 10.1. The third-order valence-electron chi connectivity index (χ3n) is 1.96. The Labute approximate surface area is 75.9 Å². The van der Waals surface area contributed by atoms with Gasteiger partial charge in [-0.05, 0) is 20.3 Å². The van der Waals surface area contributed by atoms with Gasteiger partial charge < -0.3 is 5.11 Å². The standard InChI is InChI=1S/C9H21N2O/c1-6-11(10(4)5)8(2)7-9(3)12/h8-9,12H,3,6-7H2,1-2,4-5H3. The molecule has 1 N–H and O–H groups in total. The smallest absolute Gasteiger partial charge is 0.0556 e. The van der Waals surface area contributed by atoms with Crippen LogP contribution in [0.4, 0.5) is 0 Å². The van der Waals surface area contributed by atoms with Crippen molar-refractivity contribution < 1.29 is 5.11 Å². The molecule has 3 nitrogen and oxygen atoms in total. The molecule has 0 bridgehead atoms. The summed E-state index contributed by atoms with van der Waals surface area (Å²) in [5.74, 6) is 0. The highest BCUT2D eigenvalue weighted by Gasteiger charge is 2.15. The third kappa shape index (κ3) is 4.04. The van der Waals surface area contributed by atoms with Crippen molar-refractivity contribution in [2.24, 2.45) is 0 Å². The number of aliphatic hydroxyl groups is 1. The fraction of sp³-hybridized carbons (Fsp3) is 0.889. The maximum atomic E-state index is 9.09. The highest BCUT2D eigenvalue weighted by atomic mass is 16.3. The quantitative estimate of drug-likeness (QED) is 0.622. The number of nitrogens with zero attached hydrogens (tertiary/aromatic N) is 2. The van der Waals surface area contributed by atoms with Crippen LogP contribution in [0.3, 0.4) is 0 Å². The van der Waals surface area contributed by atoms with E-state index in [2.05, 4.69) is 25.8 Å². The van der Waals surface area contributed by atoms with E-state index in [4.69, 9.17) is 5.11 Å². The molecule has 0 aromatic carbocycles. The molecule has 0 spiro atoms. The molecule has 0 heterocycles. The van der Waals surface area contributed by atoms with Crippen molar-refractivity contribution in [2.75, 3.05) is 20.6 Å². The van der Waals surface area contributed by atoms with Gasteiger partial charge in [-0.1, -0.05) is 6.92 Å². The molecule has 0 aliphatic rings. The minimum Gasteiger partial charge on any atom is -0.393 e. The molecule has 0 amide bonds. The molecule has 0 saturated heterocycles. The van der Waals surface area contributed by atoms with Gasteiger partial charge >= 0.3 is 0 Å². The van der Waals surface area contributed by atoms with Gasteiger partial charge in [0.15, 0.2) is 0 Å². The van der Waals surface area contributed by atoms with E-state index in [-0.39, 0.29) is 0 Å². The van der Waals surface area contributed by atoms with E-state index in [1.165, 1.54) is 0 Å². The van der Waals surface area contributed by atoms with Crippen molar-refractivity contribution in [3.05, 3.63) is 6.92 Å². The SMILES string of the molecule is [CH2]C(O)CC(C)N(CC)N(C)C. The van der Waals surface area contributed by atoms with Gasteiger partial charge in [0, 0.05) is 26.7 Å². The minimum atomic E-state index is -0.464. The lowest BCUT2D eigenvalue weighted by Crippen LogP contribution is -2.44. The monoisotopic (exact) mass is 173 g/mol. The Balaban J connectivity index is 3.94. The summed E-state index contributed by atoms with van der Waals surface area (Å²) in [6.07, 6.45) is 0.250. The molecule has 0 aromatic heterocycles. The Hall–Kier alpha value is -0.120. The van der Waals surface area contributed by atoms with Gasteiger partial charge in [0.2, 0.25) is 0 Å². The maximum absolute atomic E-state index is 9.09. The van der Waals surface area contributed by atoms with Crippen molar-refractivity contribution in [3.63, 3.8) is 0 Å². The van der Waals surface area contributed by atoms with Crippen molar-refractivity contribution in [2.45, 2.75) is 32.4 Å². The van der Waals surface area contributed by atoms with E-state index in [0.717, 1.165) is 6.54 Å². The third-order valence-corrected chi connectivity index (χ3v) is 1.96.